The number of carbonyl (C=O) groups is 1. The minimum absolute atomic E-state index is 0.0440. The second-order valence-electron chi connectivity index (χ2n) is 5.92. The monoisotopic (exact) mass is 314 g/mol. The summed E-state index contributed by atoms with van der Waals surface area (Å²) in [5.74, 6) is 0.108. The smallest absolute Gasteiger partial charge is 0.422 e. The summed E-state index contributed by atoms with van der Waals surface area (Å²) >= 11 is 0. The highest BCUT2D eigenvalue weighted by Crippen LogP contribution is 2.37. The van der Waals surface area contributed by atoms with Gasteiger partial charge >= 0.3 is 6.18 Å². The molecule has 120 valence electrons. The van der Waals surface area contributed by atoms with Crippen molar-refractivity contribution in [1.82, 2.24) is 0 Å². The molecule has 2 bridgehead atoms. The number of hydrogen-bond acceptors (Lipinski definition) is 3. The fourth-order valence-corrected chi connectivity index (χ4v) is 3.19. The molecule has 2 aliphatic heterocycles. The molecule has 3 rings (SSSR count). The number of alkyl halides is 3. The van der Waals surface area contributed by atoms with Crippen LogP contribution in [0.4, 0.5) is 13.2 Å². The fraction of sp³-hybridized carbons (Fsp3) is 0.562. The molecule has 1 aromatic carbocycles. The first-order chi connectivity index (χ1) is 10.4. The number of hydrogen-bond donors (Lipinski definition) is 0. The fourth-order valence-electron chi connectivity index (χ4n) is 3.19. The molecule has 22 heavy (non-hydrogen) atoms. The Labute approximate surface area is 126 Å². The molecule has 3 nitrogen and oxygen atoms in total. The van der Waals surface area contributed by atoms with Gasteiger partial charge in [0.15, 0.2) is 12.4 Å². The van der Waals surface area contributed by atoms with E-state index in [9.17, 15) is 18.0 Å². The van der Waals surface area contributed by atoms with E-state index in [0.29, 0.717) is 5.56 Å². The molecule has 2 aliphatic rings. The van der Waals surface area contributed by atoms with Crippen molar-refractivity contribution in [3.05, 3.63) is 29.8 Å². The molecule has 6 heteroatoms. The van der Waals surface area contributed by atoms with Crippen molar-refractivity contribution in [2.75, 3.05) is 6.61 Å². The molecular weight excluding hydrogens is 297 g/mol. The van der Waals surface area contributed by atoms with Crippen molar-refractivity contribution in [1.29, 1.82) is 0 Å². The van der Waals surface area contributed by atoms with Gasteiger partial charge < -0.3 is 9.47 Å². The zero-order valence-corrected chi connectivity index (χ0v) is 11.9. The van der Waals surface area contributed by atoms with Crippen LogP contribution in [0.3, 0.4) is 0 Å². The van der Waals surface area contributed by atoms with Gasteiger partial charge in [0, 0.05) is 11.5 Å². The molecule has 2 heterocycles. The summed E-state index contributed by atoms with van der Waals surface area (Å²) in [4.78, 5) is 12.5. The topological polar surface area (TPSA) is 35.5 Å². The van der Waals surface area contributed by atoms with Crippen LogP contribution in [0.25, 0.3) is 0 Å². The highest BCUT2D eigenvalue weighted by Gasteiger charge is 2.38. The van der Waals surface area contributed by atoms with E-state index < -0.39 is 12.8 Å². The van der Waals surface area contributed by atoms with E-state index >= 15 is 0 Å². The zero-order valence-electron chi connectivity index (χ0n) is 11.9. The Morgan fingerprint density at radius 2 is 1.73 bits per heavy atom. The van der Waals surface area contributed by atoms with E-state index in [4.69, 9.17) is 4.74 Å². The van der Waals surface area contributed by atoms with Crippen LogP contribution in [-0.2, 0) is 4.74 Å². The van der Waals surface area contributed by atoms with Crippen molar-refractivity contribution < 1.29 is 27.4 Å². The van der Waals surface area contributed by atoms with Crippen LogP contribution < -0.4 is 4.74 Å². The van der Waals surface area contributed by atoms with Crippen LogP contribution in [0.15, 0.2) is 24.3 Å². The van der Waals surface area contributed by atoms with Crippen molar-refractivity contribution in [2.45, 2.75) is 44.1 Å². The third-order valence-electron chi connectivity index (χ3n) is 4.20. The largest absolute Gasteiger partial charge is 0.484 e. The third-order valence-corrected chi connectivity index (χ3v) is 4.20. The average molecular weight is 314 g/mol. The number of benzene rings is 1. The minimum atomic E-state index is -4.37. The van der Waals surface area contributed by atoms with Crippen LogP contribution in [0.1, 0.15) is 36.0 Å². The lowest BCUT2D eigenvalue weighted by molar-refractivity contribution is -0.153. The van der Waals surface area contributed by atoms with Gasteiger partial charge in [0.05, 0.1) is 12.2 Å². The number of rotatable bonds is 4. The van der Waals surface area contributed by atoms with Gasteiger partial charge in [-0.25, -0.2) is 0 Å². The molecule has 0 saturated carbocycles. The first kappa shape index (κ1) is 15.3. The van der Waals surface area contributed by atoms with Gasteiger partial charge in [-0.1, -0.05) is 0 Å². The van der Waals surface area contributed by atoms with Gasteiger partial charge in [-0.05, 0) is 49.9 Å². The summed E-state index contributed by atoms with van der Waals surface area (Å²) in [7, 11) is 0. The minimum Gasteiger partial charge on any atom is -0.484 e. The van der Waals surface area contributed by atoms with Crippen LogP contribution >= 0.6 is 0 Å². The van der Waals surface area contributed by atoms with E-state index in [2.05, 4.69) is 4.74 Å². The van der Waals surface area contributed by atoms with Gasteiger partial charge in [-0.15, -0.1) is 0 Å². The second kappa shape index (κ2) is 5.91. The summed E-state index contributed by atoms with van der Waals surface area (Å²) in [6.45, 7) is -1.33. The van der Waals surface area contributed by atoms with Crippen LogP contribution in [0.5, 0.6) is 5.75 Å². The molecule has 1 aromatic rings. The summed E-state index contributed by atoms with van der Waals surface area (Å²) < 4.78 is 46.6. The van der Waals surface area contributed by atoms with E-state index in [1.807, 2.05) is 0 Å². The van der Waals surface area contributed by atoms with Crippen molar-refractivity contribution in [3.63, 3.8) is 0 Å². The molecule has 0 radical (unpaired) electrons. The average Bonchev–Trinajstić information content (AvgIpc) is 2.82. The SMILES string of the molecule is O=C(c1ccc(OCC(F)(F)F)cc1)C1CC2CCC(C1)O2. The molecule has 2 atom stereocenters. The third kappa shape index (κ3) is 3.61. The standard InChI is InChI=1S/C16H17F3O3/c17-16(18,19)9-21-12-3-1-10(2-4-12)15(20)11-7-13-5-6-14(8-11)22-13/h1-4,11,13-14H,5-9H2. The maximum atomic E-state index is 12.5. The molecule has 2 saturated heterocycles. The molecular formula is C16H17F3O3. The first-order valence-electron chi connectivity index (χ1n) is 7.40. The van der Waals surface area contributed by atoms with Gasteiger partial charge in [-0.3, -0.25) is 4.79 Å². The zero-order chi connectivity index (χ0) is 15.7. The molecule has 0 spiro atoms. The Morgan fingerprint density at radius 3 is 2.27 bits per heavy atom. The van der Waals surface area contributed by atoms with Gasteiger partial charge in [0.2, 0.25) is 0 Å². The van der Waals surface area contributed by atoms with Crippen LogP contribution in [0, 0.1) is 5.92 Å². The first-order valence-corrected chi connectivity index (χ1v) is 7.40. The van der Waals surface area contributed by atoms with Crippen LogP contribution in [0.2, 0.25) is 0 Å². The second-order valence-corrected chi connectivity index (χ2v) is 5.92. The summed E-state index contributed by atoms with van der Waals surface area (Å²) in [5.41, 5.74) is 0.519. The number of ether oxygens (including phenoxy) is 2. The Kier molecular flexibility index (Phi) is 4.12. The lowest BCUT2D eigenvalue weighted by Crippen LogP contribution is -2.30. The van der Waals surface area contributed by atoms with E-state index in [-0.39, 0.29) is 29.7 Å². The van der Waals surface area contributed by atoms with Crippen LogP contribution in [-0.4, -0.2) is 30.8 Å². The summed E-state index contributed by atoms with van der Waals surface area (Å²) in [6, 6.07) is 5.89. The predicted octanol–water partition coefficient (Wildman–Crippen LogP) is 3.77. The number of ketones is 1. The number of halogens is 3. The van der Waals surface area contributed by atoms with Crippen molar-refractivity contribution in [2.24, 2.45) is 5.92 Å². The Balaban J connectivity index is 1.61. The maximum Gasteiger partial charge on any atom is 0.422 e. The van der Waals surface area contributed by atoms with E-state index in [1.54, 1.807) is 0 Å². The van der Waals surface area contributed by atoms with E-state index in [0.717, 1.165) is 25.7 Å². The van der Waals surface area contributed by atoms with Gasteiger partial charge in [-0.2, -0.15) is 13.2 Å². The lowest BCUT2D eigenvalue weighted by atomic mass is 9.88. The summed E-state index contributed by atoms with van der Waals surface area (Å²) in [5, 5.41) is 0. The maximum absolute atomic E-state index is 12.5. The number of carbonyl (C=O) groups excluding carboxylic acids is 1. The Bertz CT molecular complexity index is 527. The quantitative estimate of drug-likeness (QED) is 0.794. The van der Waals surface area contributed by atoms with E-state index in [1.165, 1.54) is 24.3 Å². The molecule has 2 unspecified atom stereocenters. The lowest BCUT2D eigenvalue weighted by Gasteiger charge is -2.27. The van der Waals surface area contributed by atoms with Gasteiger partial charge in [0.1, 0.15) is 5.75 Å². The molecule has 0 N–H and O–H groups in total. The molecule has 0 aliphatic carbocycles. The summed E-state index contributed by atoms with van der Waals surface area (Å²) in [6.07, 6.45) is -0.500. The number of Topliss-reactive ketones (excluding diaryl/α,β-unsaturated/α-hetero) is 1. The van der Waals surface area contributed by atoms with Crippen molar-refractivity contribution in [3.8, 4) is 5.75 Å². The normalized spacial score (nSPS) is 27.7. The van der Waals surface area contributed by atoms with Crippen molar-refractivity contribution >= 4 is 5.78 Å². The predicted molar refractivity (Wildman–Crippen MR) is 72.9 cm³/mol. The number of fused-ring (bicyclic) bond motifs is 2. The van der Waals surface area contributed by atoms with Gasteiger partial charge in [0.25, 0.3) is 0 Å². The molecule has 0 amide bonds. The molecule has 2 fully saturated rings. The Hall–Kier alpha value is -1.56. The Morgan fingerprint density at radius 1 is 1.14 bits per heavy atom. The highest BCUT2D eigenvalue weighted by atomic mass is 19.4. The highest BCUT2D eigenvalue weighted by molar-refractivity contribution is 5.98. The molecule has 0 aromatic heterocycles.